The third-order valence-electron chi connectivity index (χ3n) is 2.09. The fourth-order valence-corrected chi connectivity index (χ4v) is 1.34. The smallest absolute Gasteiger partial charge is 0.322 e. The summed E-state index contributed by atoms with van der Waals surface area (Å²) < 4.78 is 0. The monoisotopic (exact) mass is 168 g/mol. The van der Waals surface area contributed by atoms with E-state index >= 15 is 0 Å². The van der Waals surface area contributed by atoms with E-state index in [0.717, 1.165) is 25.1 Å². The molecule has 68 valence electrons. The molecule has 0 bridgehead atoms. The maximum atomic E-state index is 11.4. The van der Waals surface area contributed by atoms with Gasteiger partial charge in [-0.05, 0) is 6.42 Å². The summed E-state index contributed by atoms with van der Waals surface area (Å²) in [6, 6.07) is 0.0912. The number of carbonyl (C=O) groups excluding carboxylic acids is 1. The Hall–Kier alpha value is -0.990. The maximum absolute atomic E-state index is 11.4. The minimum absolute atomic E-state index is 0.0912. The van der Waals surface area contributed by atoms with Crippen molar-refractivity contribution in [2.75, 3.05) is 20.1 Å². The molecule has 1 aliphatic rings. The summed E-state index contributed by atoms with van der Waals surface area (Å²) in [7, 11) is 1.81. The first-order chi connectivity index (χ1) is 5.66. The van der Waals surface area contributed by atoms with E-state index in [9.17, 15) is 4.79 Å². The normalized spacial score (nSPS) is 17.8. The summed E-state index contributed by atoms with van der Waals surface area (Å²) in [4.78, 5) is 14.9. The Bertz CT molecular complexity index is 201. The van der Waals surface area contributed by atoms with Crippen molar-refractivity contribution in [2.24, 2.45) is 0 Å². The van der Waals surface area contributed by atoms with Crippen LogP contribution in [0.25, 0.3) is 0 Å². The minimum Gasteiger partial charge on any atom is -0.322 e. The molecule has 3 nitrogen and oxygen atoms in total. The van der Waals surface area contributed by atoms with Gasteiger partial charge in [0.25, 0.3) is 0 Å². The molecule has 0 N–H and O–H groups in total. The molecule has 0 aromatic heterocycles. The molecule has 1 aliphatic heterocycles. The predicted molar refractivity (Wildman–Crippen MR) is 48.8 cm³/mol. The van der Waals surface area contributed by atoms with Gasteiger partial charge in [0, 0.05) is 19.3 Å². The fourth-order valence-electron chi connectivity index (χ4n) is 1.34. The van der Waals surface area contributed by atoms with Gasteiger partial charge in [-0.3, -0.25) is 4.90 Å². The highest BCUT2D eigenvalue weighted by Crippen LogP contribution is 2.16. The number of hydrogen-bond donors (Lipinski definition) is 0. The van der Waals surface area contributed by atoms with Gasteiger partial charge >= 0.3 is 6.03 Å². The first kappa shape index (κ1) is 9.10. The van der Waals surface area contributed by atoms with E-state index in [1.165, 1.54) is 0 Å². The average molecular weight is 168 g/mol. The molecule has 0 unspecified atom stereocenters. The second-order valence-corrected chi connectivity index (χ2v) is 3.21. The van der Waals surface area contributed by atoms with Gasteiger partial charge in [0.1, 0.15) is 0 Å². The number of amides is 2. The van der Waals surface area contributed by atoms with Crippen LogP contribution in [0.5, 0.6) is 0 Å². The van der Waals surface area contributed by atoms with E-state index in [1.54, 1.807) is 16.8 Å². The number of likely N-dealkylation sites (N-methyl/N-ethyl adjacent to an activating group) is 1. The summed E-state index contributed by atoms with van der Waals surface area (Å²) in [6.45, 7) is 7.47. The van der Waals surface area contributed by atoms with Crippen LogP contribution in [0.1, 0.15) is 19.8 Å². The van der Waals surface area contributed by atoms with Crippen molar-refractivity contribution in [1.29, 1.82) is 0 Å². The lowest BCUT2D eigenvalue weighted by molar-refractivity contribution is 0.201. The van der Waals surface area contributed by atoms with Crippen LogP contribution in [0, 0.1) is 0 Å². The van der Waals surface area contributed by atoms with Gasteiger partial charge in [0.05, 0.1) is 6.54 Å². The zero-order valence-electron chi connectivity index (χ0n) is 7.84. The third kappa shape index (κ3) is 1.60. The molecular weight excluding hydrogens is 152 g/mol. The van der Waals surface area contributed by atoms with Crippen LogP contribution in [-0.4, -0.2) is 36.0 Å². The molecular formula is C9H16N2O. The molecule has 0 aromatic carbocycles. The minimum atomic E-state index is 0.0912. The summed E-state index contributed by atoms with van der Waals surface area (Å²) in [5.41, 5.74) is 0.927. The van der Waals surface area contributed by atoms with Crippen molar-refractivity contribution in [3.8, 4) is 0 Å². The third-order valence-corrected chi connectivity index (χ3v) is 2.09. The highest BCUT2D eigenvalue weighted by atomic mass is 16.2. The van der Waals surface area contributed by atoms with Crippen LogP contribution < -0.4 is 0 Å². The van der Waals surface area contributed by atoms with Gasteiger partial charge in [-0.1, -0.05) is 19.9 Å². The van der Waals surface area contributed by atoms with Crippen LogP contribution >= 0.6 is 0 Å². The lowest BCUT2D eigenvalue weighted by Gasteiger charge is -2.15. The molecule has 0 radical (unpaired) electrons. The standard InChI is InChI=1S/C9H16N2O/c1-4-5-6-11-8(2)7-10(3)9(11)12/h2,4-7H2,1,3H3. The van der Waals surface area contributed by atoms with Crippen molar-refractivity contribution in [1.82, 2.24) is 9.80 Å². The van der Waals surface area contributed by atoms with Crippen LogP contribution in [0.2, 0.25) is 0 Å². The van der Waals surface area contributed by atoms with Crippen molar-refractivity contribution < 1.29 is 4.79 Å². The molecule has 1 rings (SSSR count). The molecule has 0 atom stereocenters. The molecule has 0 saturated carbocycles. The molecule has 1 fully saturated rings. The number of carbonyl (C=O) groups is 1. The van der Waals surface area contributed by atoms with E-state index in [1.807, 2.05) is 0 Å². The quantitative estimate of drug-likeness (QED) is 0.628. The average Bonchev–Trinajstić information content (AvgIpc) is 2.25. The summed E-state index contributed by atoms with van der Waals surface area (Å²) in [5, 5.41) is 0. The summed E-state index contributed by atoms with van der Waals surface area (Å²) >= 11 is 0. The van der Waals surface area contributed by atoms with Crippen LogP contribution in [0.4, 0.5) is 4.79 Å². The Balaban J connectivity index is 2.52. The number of unbranched alkanes of at least 4 members (excludes halogenated alkanes) is 1. The second-order valence-electron chi connectivity index (χ2n) is 3.21. The van der Waals surface area contributed by atoms with Crippen molar-refractivity contribution in [2.45, 2.75) is 19.8 Å². The Morgan fingerprint density at radius 1 is 1.58 bits per heavy atom. The Labute approximate surface area is 73.6 Å². The summed E-state index contributed by atoms with van der Waals surface area (Å²) in [6.07, 6.45) is 2.17. The summed E-state index contributed by atoms with van der Waals surface area (Å²) in [5.74, 6) is 0. The van der Waals surface area contributed by atoms with E-state index in [2.05, 4.69) is 13.5 Å². The Kier molecular flexibility index (Phi) is 2.74. The van der Waals surface area contributed by atoms with Gasteiger partial charge in [0.2, 0.25) is 0 Å². The molecule has 3 heteroatoms. The number of urea groups is 1. The lowest BCUT2D eigenvalue weighted by atomic mass is 10.3. The fraction of sp³-hybridized carbons (Fsp3) is 0.667. The van der Waals surface area contributed by atoms with Crippen molar-refractivity contribution in [3.05, 3.63) is 12.3 Å². The molecule has 0 aromatic rings. The first-order valence-electron chi connectivity index (χ1n) is 4.37. The van der Waals surface area contributed by atoms with Gasteiger partial charge in [-0.15, -0.1) is 0 Å². The van der Waals surface area contributed by atoms with E-state index in [-0.39, 0.29) is 6.03 Å². The van der Waals surface area contributed by atoms with Gasteiger partial charge < -0.3 is 4.90 Å². The van der Waals surface area contributed by atoms with E-state index in [0.29, 0.717) is 6.54 Å². The van der Waals surface area contributed by atoms with Gasteiger partial charge in [-0.25, -0.2) is 4.79 Å². The van der Waals surface area contributed by atoms with E-state index < -0.39 is 0 Å². The number of rotatable bonds is 3. The van der Waals surface area contributed by atoms with Crippen molar-refractivity contribution >= 4 is 6.03 Å². The topological polar surface area (TPSA) is 23.6 Å². The number of nitrogens with zero attached hydrogens (tertiary/aromatic N) is 2. The van der Waals surface area contributed by atoms with E-state index in [4.69, 9.17) is 0 Å². The van der Waals surface area contributed by atoms with Crippen LogP contribution in [-0.2, 0) is 0 Å². The number of hydrogen-bond acceptors (Lipinski definition) is 1. The predicted octanol–water partition coefficient (Wildman–Crippen LogP) is 1.67. The van der Waals surface area contributed by atoms with Crippen LogP contribution in [0.3, 0.4) is 0 Å². The Morgan fingerprint density at radius 3 is 2.67 bits per heavy atom. The molecule has 12 heavy (non-hydrogen) atoms. The highest BCUT2D eigenvalue weighted by Gasteiger charge is 2.27. The lowest BCUT2D eigenvalue weighted by Crippen LogP contribution is -2.29. The molecule has 2 amide bonds. The zero-order valence-corrected chi connectivity index (χ0v) is 7.84. The molecule has 0 aliphatic carbocycles. The van der Waals surface area contributed by atoms with Gasteiger partial charge in [-0.2, -0.15) is 0 Å². The van der Waals surface area contributed by atoms with Gasteiger partial charge in [0.15, 0.2) is 0 Å². The largest absolute Gasteiger partial charge is 0.324 e. The zero-order chi connectivity index (χ0) is 9.14. The van der Waals surface area contributed by atoms with Crippen LogP contribution in [0.15, 0.2) is 12.3 Å². The maximum Gasteiger partial charge on any atom is 0.324 e. The molecule has 1 saturated heterocycles. The second kappa shape index (κ2) is 3.61. The molecule has 1 heterocycles. The highest BCUT2D eigenvalue weighted by molar-refractivity contribution is 5.79. The van der Waals surface area contributed by atoms with Crippen molar-refractivity contribution in [3.63, 3.8) is 0 Å². The Morgan fingerprint density at radius 2 is 2.25 bits per heavy atom. The molecule has 0 spiro atoms. The first-order valence-corrected chi connectivity index (χ1v) is 4.37. The SMILES string of the molecule is C=C1CN(C)C(=O)N1CCCC.